The zero-order valence-electron chi connectivity index (χ0n) is 10.8. The number of hydrogen-bond donors (Lipinski definition) is 1. The van der Waals surface area contributed by atoms with Gasteiger partial charge in [0, 0.05) is 12.6 Å². The van der Waals surface area contributed by atoms with E-state index in [2.05, 4.69) is 25.8 Å². The first-order valence-electron chi connectivity index (χ1n) is 5.89. The van der Waals surface area contributed by atoms with Crippen LogP contribution in [0.3, 0.4) is 0 Å². The van der Waals surface area contributed by atoms with Crippen molar-refractivity contribution in [1.82, 2.24) is 9.55 Å². The van der Waals surface area contributed by atoms with Gasteiger partial charge >= 0.3 is 0 Å². The summed E-state index contributed by atoms with van der Waals surface area (Å²) in [6, 6.07) is 3.25. The Morgan fingerprint density at radius 2 is 2.06 bits per heavy atom. The molecule has 2 N–H and O–H groups in total. The molecule has 1 aromatic heterocycles. The van der Waals surface area contributed by atoms with Crippen LogP contribution in [0.25, 0.3) is 11.0 Å². The molecule has 3 nitrogen and oxygen atoms in total. The highest BCUT2D eigenvalue weighted by Crippen LogP contribution is 2.26. The van der Waals surface area contributed by atoms with Crippen molar-refractivity contribution >= 4 is 39.6 Å². The van der Waals surface area contributed by atoms with Crippen molar-refractivity contribution in [3.8, 4) is 0 Å². The number of fused-ring (bicyclic) bond motifs is 1. The van der Waals surface area contributed by atoms with Crippen LogP contribution in [0.15, 0.2) is 12.1 Å². The number of hydrogen-bond acceptors (Lipinski definition) is 2. The minimum absolute atomic E-state index is 0.213. The molecule has 0 aliphatic carbocycles. The second kappa shape index (κ2) is 4.68. The molecule has 0 spiro atoms. The third-order valence-corrected chi connectivity index (χ3v) is 3.73. The van der Waals surface area contributed by atoms with Gasteiger partial charge in [-0.15, -0.1) is 0 Å². The Hall–Kier alpha value is -0.850. The van der Waals surface area contributed by atoms with Crippen LogP contribution < -0.4 is 5.73 Å². The lowest BCUT2D eigenvalue weighted by molar-refractivity contribution is 0.354. The summed E-state index contributed by atoms with van der Waals surface area (Å²) in [5, 5.41) is 0. The van der Waals surface area contributed by atoms with Gasteiger partial charge in [0.15, 0.2) is 0 Å². The number of halogens is 2. The van der Waals surface area contributed by atoms with E-state index in [-0.39, 0.29) is 11.2 Å². The highest BCUT2D eigenvalue weighted by Gasteiger charge is 2.15. The highest BCUT2D eigenvalue weighted by atomic mass is 127. The Balaban J connectivity index is 2.44. The van der Waals surface area contributed by atoms with Crippen molar-refractivity contribution in [2.24, 2.45) is 5.41 Å². The smallest absolute Gasteiger partial charge is 0.201 e. The molecule has 0 saturated carbocycles. The number of benzene rings is 1. The molecule has 98 valence electrons. The normalized spacial score (nSPS) is 12.3. The van der Waals surface area contributed by atoms with Crippen LogP contribution in [0, 0.1) is 14.8 Å². The average Bonchev–Trinajstić information content (AvgIpc) is 2.51. The maximum absolute atomic E-state index is 13.6. The van der Waals surface area contributed by atoms with E-state index in [1.54, 1.807) is 6.07 Å². The van der Waals surface area contributed by atoms with Gasteiger partial charge in [0.25, 0.3) is 0 Å². The molecule has 1 aromatic carbocycles. The molecular formula is C13H17FIN3. The molecule has 0 unspecified atom stereocenters. The van der Waals surface area contributed by atoms with Gasteiger partial charge in [-0.2, -0.15) is 0 Å². The third-order valence-electron chi connectivity index (χ3n) is 2.91. The van der Waals surface area contributed by atoms with Crippen molar-refractivity contribution in [1.29, 1.82) is 0 Å². The average molecular weight is 361 g/mol. The van der Waals surface area contributed by atoms with Crippen LogP contribution in [-0.2, 0) is 6.54 Å². The van der Waals surface area contributed by atoms with Crippen molar-refractivity contribution in [2.45, 2.75) is 33.7 Å². The number of nitrogen functional groups attached to an aromatic ring is 1. The maximum atomic E-state index is 13.6. The molecule has 0 radical (unpaired) electrons. The number of aryl methyl sites for hydroxylation is 1. The molecule has 0 aliphatic heterocycles. The van der Waals surface area contributed by atoms with Crippen LogP contribution in [-0.4, -0.2) is 9.55 Å². The lowest BCUT2D eigenvalue weighted by atomic mass is 9.92. The molecule has 0 saturated heterocycles. The summed E-state index contributed by atoms with van der Waals surface area (Å²) in [6.45, 7) is 7.27. The SMILES string of the molecule is CC(C)(C)CCn1c(N)nc2cc(I)c(F)cc21. The molecule has 5 heteroatoms. The second-order valence-electron chi connectivity index (χ2n) is 5.69. The van der Waals surface area contributed by atoms with E-state index in [0.717, 1.165) is 24.0 Å². The van der Waals surface area contributed by atoms with Gasteiger partial charge in [-0.25, -0.2) is 9.37 Å². The Bertz CT molecular complexity index is 584. The number of anilines is 1. The number of aromatic nitrogens is 2. The predicted molar refractivity (Wildman–Crippen MR) is 80.9 cm³/mol. The standard InChI is InChI=1S/C13H17FIN3/c1-13(2,3)4-5-18-11-6-8(14)9(15)7-10(11)17-12(18)16/h6-7H,4-5H2,1-3H3,(H2,16,17). The van der Waals surface area contributed by atoms with Crippen LogP contribution >= 0.6 is 22.6 Å². The van der Waals surface area contributed by atoms with Gasteiger partial charge in [0.05, 0.1) is 14.6 Å². The van der Waals surface area contributed by atoms with Gasteiger partial charge < -0.3 is 10.3 Å². The first-order valence-corrected chi connectivity index (χ1v) is 6.96. The van der Waals surface area contributed by atoms with Crippen LogP contribution in [0.4, 0.5) is 10.3 Å². The van der Waals surface area contributed by atoms with Crippen molar-refractivity contribution in [2.75, 3.05) is 5.73 Å². The topological polar surface area (TPSA) is 43.8 Å². The van der Waals surface area contributed by atoms with Gasteiger partial charge in [0.2, 0.25) is 5.95 Å². The van der Waals surface area contributed by atoms with Crippen molar-refractivity contribution in [3.05, 3.63) is 21.5 Å². The van der Waals surface area contributed by atoms with Gasteiger partial charge in [-0.1, -0.05) is 20.8 Å². The van der Waals surface area contributed by atoms with Crippen LogP contribution in [0.1, 0.15) is 27.2 Å². The van der Waals surface area contributed by atoms with Gasteiger partial charge in [0.1, 0.15) is 5.82 Å². The summed E-state index contributed by atoms with van der Waals surface area (Å²) in [5.74, 6) is 0.232. The predicted octanol–water partition coefficient (Wildman–Crippen LogP) is 3.80. The minimum Gasteiger partial charge on any atom is -0.369 e. The Morgan fingerprint density at radius 3 is 2.67 bits per heavy atom. The molecule has 18 heavy (non-hydrogen) atoms. The van der Waals surface area contributed by atoms with E-state index in [1.807, 2.05) is 27.2 Å². The molecule has 0 amide bonds. The van der Waals surface area contributed by atoms with E-state index < -0.39 is 0 Å². The fourth-order valence-corrected chi connectivity index (χ4v) is 2.27. The summed E-state index contributed by atoms with van der Waals surface area (Å²) in [6.07, 6.45) is 0.969. The van der Waals surface area contributed by atoms with Crippen LogP contribution in [0.5, 0.6) is 0 Å². The van der Waals surface area contributed by atoms with Gasteiger partial charge in [-0.3, -0.25) is 0 Å². The van der Waals surface area contributed by atoms with E-state index in [1.165, 1.54) is 6.07 Å². The number of nitrogens with zero attached hydrogens (tertiary/aromatic N) is 2. The third kappa shape index (κ3) is 2.76. The first kappa shape index (κ1) is 13.6. The quantitative estimate of drug-likeness (QED) is 0.827. The van der Waals surface area contributed by atoms with Crippen molar-refractivity contribution < 1.29 is 4.39 Å². The maximum Gasteiger partial charge on any atom is 0.201 e. The monoisotopic (exact) mass is 361 g/mol. The van der Waals surface area contributed by atoms with E-state index in [4.69, 9.17) is 5.73 Å². The molecule has 0 atom stereocenters. The molecular weight excluding hydrogens is 344 g/mol. The largest absolute Gasteiger partial charge is 0.369 e. The summed E-state index contributed by atoms with van der Waals surface area (Å²) in [4.78, 5) is 4.28. The van der Waals surface area contributed by atoms with Gasteiger partial charge in [-0.05, 0) is 40.5 Å². The van der Waals surface area contributed by atoms with Crippen molar-refractivity contribution in [3.63, 3.8) is 0 Å². The fraction of sp³-hybridized carbons (Fsp3) is 0.462. The lowest BCUT2D eigenvalue weighted by Crippen LogP contribution is -2.12. The Morgan fingerprint density at radius 1 is 1.39 bits per heavy atom. The van der Waals surface area contributed by atoms with E-state index in [0.29, 0.717) is 9.52 Å². The number of imidazole rings is 1. The molecule has 0 bridgehead atoms. The highest BCUT2D eigenvalue weighted by molar-refractivity contribution is 14.1. The fourth-order valence-electron chi connectivity index (χ4n) is 1.82. The zero-order chi connectivity index (χ0) is 13.5. The molecule has 1 heterocycles. The molecule has 2 aromatic rings. The summed E-state index contributed by atoms with van der Waals surface area (Å²) < 4.78 is 16.1. The number of nitrogens with two attached hydrogens (primary N) is 1. The molecule has 0 fully saturated rings. The van der Waals surface area contributed by atoms with E-state index >= 15 is 0 Å². The minimum atomic E-state index is -0.222. The second-order valence-corrected chi connectivity index (χ2v) is 6.85. The summed E-state index contributed by atoms with van der Waals surface area (Å²) >= 11 is 1.96. The summed E-state index contributed by atoms with van der Waals surface area (Å²) in [7, 11) is 0. The first-order chi connectivity index (χ1) is 8.28. The van der Waals surface area contributed by atoms with E-state index in [9.17, 15) is 4.39 Å². The Labute approximate surface area is 120 Å². The molecule has 2 rings (SSSR count). The number of rotatable bonds is 2. The Kier molecular flexibility index (Phi) is 3.53. The lowest BCUT2D eigenvalue weighted by Gasteiger charge is -2.18. The zero-order valence-corrected chi connectivity index (χ0v) is 13.0. The molecule has 0 aliphatic rings. The summed E-state index contributed by atoms with van der Waals surface area (Å²) in [5.41, 5.74) is 7.65. The van der Waals surface area contributed by atoms with Crippen LogP contribution in [0.2, 0.25) is 0 Å².